The molecule has 2 aliphatic carbocycles. The maximum absolute atomic E-state index is 9.42. The zero-order valence-electron chi connectivity index (χ0n) is 36.8. The van der Waals surface area contributed by atoms with E-state index in [1.54, 1.807) is 6.07 Å². The third-order valence-electron chi connectivity index (χ3n) is 13.7. The van der Waals surface area contributed by atoms with Crippen LogP contribution in [-0.4, -0.2) is 17.2 Å². The zero-order chi connectivity index (χ0) is 44.3. The summed E-state index contributed by atoms with van der Waals surface area (Å²) < 4.78 is 1.17. The zero-order valence-corrected chi connectivity index (χ0v) is 39.8. The number of fused-ring (bicyclic) bond motifs is 18. The molecule has 67 heavy (non-hydrogen) atoms. The van der Waals surface area contributed by atoms with Gasteiger partial charge in [-0.1, -0.05) is 216 Å². The molecule has 0 aliphatic heterocycles. The highest BCUT2D eigenvalue weighted by atomic mass is 79.9. The van der Waals surface area contributed by atoms with E-state index in [-0.39, 0.29) is 9.90 Å². The molecule has 12 aromatic carbocycles. The lowest BCUT2D eigenvalue weighted by atomic mass is 9.78. The monoisotopic (exact) mass is 942 g/mol. The van der Waals surface area contributed by atoms with Crippen molar-refractivity contribution in [1.29, 1.82) is 0 Å². The van der Waals surface area contributed by atoms with Crippen LogP contribution in [0.1, 0.15) is 22.3 Å². The topological polar surface area (TPSA) is 40.5 Å². The number of hydrogen-bond donors (Lipinski definition) is 2. The molecule has 0 spiro atoms. The summed E-state index contributed by atoms with van der Waals surface area (Å²) in [6, 6.07) is 77.6. The van der Waals surface area contributed by atoms with Crippen LogP contribution in [0.25, 0.3) is 98.0 Å². The minimum absolute atomic E-state index is 0. The molecular weight excluding hydrogens is 898 g/mol. The Morgan fingerprint density at radius 2 is 0.642 bits per heavy atom. The maximum Gasteiger partial charge on any atom is 0.488 e. The van der Waals surface area contributed by atoms with Crippen molar-refractivity contribution in [2.24, 2.45) is 0 Å². The van der Waals surface area contributed by atoms with Crippen LogP contribution in [0.5, 0.6) is 0 Å². The summed E-state index contributed by atoms with van der Waals surface area (Å²) in [7, 11) is -1.44. The molecule has 0 bridgehead atoms. The lowest BCUT2D eigenvalue weighted by molar-refractivity contribution is 0.426. The molecule has 0 aromatic heterocycles. The minimum Gasteiger partial charge on any atom is -0.423 e. The summed E-state index contributed by atoms with van der Waals surface area (Å²) in [6.07, 6.45) is 2.10. The fourth-order valence-electron chi connectivity index (χ4n) is 10.6. The second kappa shape index (κ2) is 17.7. The van der Waals surface area contributed by atoms with Gasteiger partial charge in [-0.15, -0.1) is 0 Å². The van der Waals surface area contributed by atoms with Crippen molar-refractivity contribution >= 4 is 103 Å². The van der Waals surface area contributed by atoms with Gasteiger partial charge in [0, 0.05) is 4.47 Å². The smallest absolute Gasteiger partial charge is 0.423 e. The van der Waals surface area contributed by atoms with Crippen molar-refractivity contribution in [2.75, 3.05) is 0 Å². The first kappa shape index (κ1) is 42.7. The van der Waals surface area contributed by atoms with Crippen LogP contribution in [0.2, 0.25) is 0 Å². The molecule has 0 fully saturated rings. The van der Waals surface area contributed by atoms with Crippen molar-refractivity contribution < 1.29 is 10.0 Å². The minimum atomic E-state index is -1.44. The fourth-order valence-corrected chi connectivity index (χ4v) is 11.0. The molecule has 2 nitrogen and oxygen atoms in total. The van der Waals surface area contributed by atoms with E-state index in [1.807, 2.05) is 36.4 Å². The Morgan fingerprint density at radius 1 is 0.299 bits per heavy atom. The number of halogens is 1. The molecule has 5 heteroatoms. The SMILES string of the molecule is Brc1ccc2c(c1)Cc1ccccc1-2.OB(O)c1ccc2c3ccccc3c3ccccc3c2c1.P.c1ccc2c(c1)Cc1cc(-c3ccc4c5ccccc5c5ccccc5c4c3)ccc1-2. The lowest BCUT2D eigenvalue weighted by Crippen LogP contribution is -2.29. The molecule has 1 unspecified atom stereocenters. The Labute approximate surface area is 402 Å². The van der Waals surface area contributed by atoms with Crippen molar-refractivity contribution in [3.05, 3.63) is 245 Å². The van der Waals surface area contributed by atoms with E-state index in [1.165, 1.54) is 109 Å². The molecule has 320 valence electrons. The van der Waals surface area contributed by atoms with E-state index in [0.717, 1.165) is 29.0 Å². The van der Waals surface area contributed by atoms with E-state index in [9.17, 15) is 10.0 Å². The number of benzene rings is 12. The molecule has 0 saturated heterocycles. The van der Waals surface area contributed by atoms with Gasteiger partial charge in [-0.05, 0) is 157 Å². The molecule has 2 aliphatic rings. The van der Waals surface area contributed by atoms with Gasteiger partial charge in [0.2, 0.25) is 0 Å². The number of hydrogen-bond acceptors (Lipinski definition) is 2. The third kappa shape index (κ3) is 7.61. The Bertz CT molecular complexity index is 3830. The lowest BCUT2D eigenvalue weighted by Gasteiger charge is -2.12. The van der Waals surface area contributed by atoms with Crippen LogP contribution in [0.3, 0.4) is 0 Å². The van der Waals surface area contributed by atoms with Gasteiger partial charge in [0.05, 0.1) is 0 Å². The Morgan fingerprint density at radius 3 is 1.13 bits per heavy atom. The van der Waals surface area contributed by atoms with Gasteiger partial charge >= 0.3 is 7.12 Å². The average molecular weight is 944 g/mol. The van der Waals surface area contributed by atoms with Crippen molar-refractivity contribution in [1.82, 2.24) is 0 Å². The van der Waals surface area contributed by atoms with Crippen molar-refractivity contribution in [2.45, 2.75) is 12.8 Å². The van der Waals surface area contributed by atoms with Crippen molar-refractivity contribution in [3.8, 4) is 33.4 Å². The highest BCUT2D eigenvalue weighted by Crippen LogP contribution is 2.42. The quantitative estimate of drug-likeness (QED) is 0.103. The first-order valence-electron chi connectivity index (χ1n) is 22.6. The Hall–Kier alpha value is -6.91. The van der Waals surface area contributed by atoms with Crippen molar-refractivity contribution in [3.63, 3.8) is 0 Å². The van der Waals surface area contributed by atoms with E-state index >= 15 is 0 Å². The molecule has 0 radical (unpaired) electrons. The summed E-state index contributed by atoms with van der Waals surface area (Å²) >= 11 is 3.51. The van der Waals surface area contributed by atoms with E-state index in [2.05, 4.69) is 192 Å². The first-order valence-corrected chi connectivity index (χ1v) is 23.4. The summed E-state index contributed by atoms with van der Waals surface area (Å²) in [5.41, 5.74) is 14.4. The van der Waals surface area contributed by atoms with Gasteiger partial charge in [-0.25, -0.2) is 0 Å². The van der Waals surface area contributed by atoms with Crippen LogP contribution < -0.4 is 5.46 Å². The predicted molar refractivity (Wildman–Crippen MR) is 295 cm³/mol. The summed E-state index contributed by atoms with van der Waals surface area (Å²) in [4.78, 5) is 0. The fraction of sp³-hybridized carbons (Fsp3) is 0.0323. The molecule has 2 N–H and O–H groups in total. The molecule has 0 saturated carbocycles. The summed E-state index contributed by atoms with van der Waals surface area (Å²) in [5, 5.41) is 33.7. The van der Waals surface area contributed by atoms with Gasteiger partial charge in [0.25, 0.3) is 0 Å². The maximum atomic E-state index is 9.42. The Balaban J connectivity index is 0.000000119. The molecule has 1 atom stereocenters. The van der Waals surface area contributed by atoms with Crippen LogP contribution in [0.15, 0.2) is 223 Å². The first-order chi connectivity index (χ1) is 32.5. The largest absolute Gasteiger partial charge is 0.488 e. The number of rotatable bonds is 2. The second-order valence-electron chi connectivity index (χ2n) is 17.5. The van der Waals surface area contributed by atoms with Crippen LogP contribution in [0, 0.1) is 0 Å². The van der Waals surface area contributed by atoms with Gasteiger partial charge in [-0.2, -0.15) is 9.90 Å². The average Bonchev–Trinajstić information content (AvgIpc) is 3.94. The third-order valence-corrected chi connectivity index (χ3v) is 14.2. The van der Waals surface area contributed by atoms with Crippen LogP contribution in [-0.2, 0) is 12.8 Å². The normalized spacial score (nSPS) is 11.9. The highest BCUT2D eigenvalue weighted by Gasteiger charge is 2.20. The molecule has 0 heterocycles. The predicted octanol–water partition coefficient (Wildman–Crippen LogP) is 15.3. The van der Waals surface area contributed by atoms with Gasteiger partial charge in [0.15, 0.2) is 0 Å². The van der Waals surface area contributed by atoms with Gasteiger partial charge in [-0.3, -0.25) is 0 Å². The molecule has 14 rings (SSSR count). The van der Waals surface area contributed by atoms with E-state index < -0.39 is 7.12 Å². The summed E-state index contributed by atoms with van der Waals surface area (Å²) in [5.74, 6) is 0. The standard InChI is InChI=1S/C31H20.C18H13BO2.C13H9Br.H3P/c1-2-8-24-22(7-1)18-23-17-20(13-15-25(23)24)21-14-16-30-28-11-4-3-9-26(28)27-10-5-6-12-29(27)31(30)19-21;20-19(21)12-9-10-17-15-7-2-1-5-13(15)14-6-3-4-8-16(14)18(17)11-12;14-11-5-6-13-10(8-11)7-9-3-1-2-4-12(9)13;/h1-17,19H,18H2;1-11,20-21H;1-6,8H,7H2;1H3. The second-order valence-corrected chi connectivity index (χ2v) is 18.4. The van der Waals surface area contributed by atoms with Gasteiger partial charge in [0.1, 0.15) is 0 Å². The van der Waals surface area contributed by atoms with Gasteiger partial charge < -0.3 is 10.0 Å². The molecule has 0 amide bonds. The van der Waals surface area contributed by atoms with E-state index in [4.69, 9.17) is 0 Å². The van der Waals surface area contributed by atoms with Crippen LogP contribution in [0.4, 0.5) is 0 Å². The molecular formula is C62H45BBrO2P. The van der Waals surface area contributed by atoms with Crippen LogP contribution >= 0.6 is 25.8 Å². The molecule has 12 aromatic rings. The summed E-state index contributed by atoms with van der Waals surface area (Å²) in [6.45, 7) is 0. The Kier molecular flexibility index (Phi) is 11.3. The highest BCUT2D eigenvalue weighted by molar-refractivity contribution is 9.10. The van der Waals surface area contributed by atoms with E-state index in [0.29, 0.717) is 5.46 Å².